The number of nitrogens with zero attached hydrogens (tertiary/aromatic N) is 4. The average Bonchev–Trinajstić information content (AvgIpc) is 3.39. The lowest BCUT2D eigenvalue weighted by atomic mass is 10.1. The Labute approximate surface area is 188 Å². The normalized spacial score (nSPS) is 13.9. The molecule has 8 nitrogen and oxygen atoms in total. The number of aromatic nitrogens is 3. The van der Waals surface area contributed by atoms with Crippen molar-refractivity contribution in [3.63, 3.8) is 0 Å². The van der Waals surface area contributed by atoms with Gasteiger partial charge < -0.3 is 14.5 Å². The summed E-state index contributed by atoms with van der Waals surface area (Å²) >= 11 is 0. The van der Waals surface area contributed by atoms with Crippen molar-refractivity contribution in [2.75, 3.05) is 18.4 Å². The first-order valence-electron chi connectivity index (χ1n) is 11.0. The molecule has 0 radical (unpaired) electrons. The number of sulfonamides is 1. The van der Waals surface area contributed by atoms with Crippen LogP contribution in [0.5, 0.6) is 0 Å². The van der Waals surface area contributed by atoms with E-state index in [0.717, 1.165) is 30.0 Å². The van der Waals surface area contributed by atoms with E-state index < -0.39 is 10.0 Å². The smallest absolute Gasteiger partial charge is 0.272 e. The molecule has 0 saturated carbocycles. The number of hydrogen-bond donors (Lipinski definition) is 1. The van der Waals surface area contributed by atoms with Crippen molar-refractivity contribution in [2.24, 2.45) is 7.05 Å². The van der Waals surface area contributed by atoms with Crippen molar-refractivity contribution in [1.29, 1.82) is 0 Å². The lowest BCUT2D eigenvalue weighted by molar-refractivity contribution is 0.101. The fraction of sp³-hybridized carbons (Fsp3) is 0.391. The van der Waals surface area contributed by atoms with E-state index in [1.54, 1.807) is 20.9 Å². The van der Waals surface area contributed by atoms with Gasteiger partial charge in [-0.25, -0.2) is 13.4 Å². The zero-order valence-corrected chi connectivity index (χ0v) is 19.5. The van der Waals surface area contributed by atoms with E-state index in [4.69, 9.17) is 4.98 Å². The molecule has 3 aromatic rings. The van der Waals surface area contributed by atoms with Crippen molar-refractivity contribution >= 4 is 21.6 Å². The van der Waals surface area contributed by atoms with Crippen LogP contribution >= 0.6 is 0 Å². The summed E-state index contributed by atoms with van der Waals surface area (Å²) in [7, 11) is -1.96. The molecule has 2 aromatic heterocycles. The Hall–Kier alpha value is -2.91. The standard InChI is InChI=1S/C23H29N5O3S/c1-4-28(5-2)32(30,31)19-14-21(26(3)15-19)23(29)24-18-11-9-17(10-12-18)20-16-27-13-7-6-8-22(27)25-20/h9-12,14-16H,4-8,13H2,1-3H3,(H,24,29). The number of hydrogen-bond acceptors (Lipinski definition) is 4. The molecule has 1 aliphatic rings. The molecule has 9 heteroatoms. The molecule has 32 heavy (non-hydrogen) atoms. The molecule has 1 N–H and O–H groups in total. The number of anilines is 1. The minimum absolute atomic E-state index is 0.118. The molecule has 0 fully saturated rings. The Balaban J connectivity index is 1.50. The van der Waals surface area contributed by atoms with Crippen LogP contribution < -0.4 is 5.32 Å². The predicted octanol–water partition coefficient (Wildman–Crippen LogP) is 3.51. The fourth-order valence-corrected chi connectivity index (χ4v) is 5.61. The lowest BCUT2D eigenvalue weighted by Gasteiger charge is -2.17. The summed E-state index contributed by atoms with van der Waals surface area (Å²) in [5.41, 5.74) is 2.85. The Morgan fingerprint density at radius 1 is 1.12 bits per heavy atom. The van der Waals surface area contributed by atoms with Crippen LogP contribution in [0.1, 0.15) is 43.0 Å². The second-order valence-corrected chi connectivity index (χ2v) is 9.92. The van der Waals surface area contributed by atoms with Crippen molar-refractivity contribution in [3.05, 3.63) is 54.2 Å². The summed E-state index contributed by atoms with van der Waals surface area (Å²) < 4.78 is 30.6. The first-order chi connectivity index (χ1) is 15.3. The van der Waals surface area contributed by atoms with E-state index in [1.165, 1.54) is 34.0 Å². The Morgan fingerprint density at radius 2 is 1.84 bits per heavy atom. The van der Waals surface area contributed by atoms with Crippen LogP contribution in [-0.2, 0) is 30.0 Å². The van der Waals surface area contributed by atoms with Gasteiger partial charge in [0.25, 0.3) is 5.91 Å². The minimum Gasteiger partial charge on any atom is -0.345 e. The third-order valence-electron chi connectivity index (χ3n) is 5.90. The van der Waals surface area contributed by atoms with Crippen LogP contribution in [-0.4, -0.2) is 45.8 Å². The molecular weight excluding hydrogens is 426 g/mol. The third kappa shape index (κ3) is 4.22. The Kier molecular flexibility index (Phi) is 6.21. The molecule has 0 bridgehead atoms. The van der Waals surface area contributed by atoms with Crippen LogP contribution in [0, 0.1) is 0 Å². The van der Waals surface area contributed by atoms with Crippen molar-refractivity contribution < 1.29 is 13.2 Å². The van der Waals surface area contributed by atoms with Crippen LogP contribution in [0.4, 0.5) is 5.69 Å². The van der Waals surface area contributed by atoms with Gasteiger partial charge in [0.1, 0.15) is 16.4 Å². The molecule has 0 aliphatic carbocycles. The summed E-state index contributed by atoms with van der Waals surface area (Å²) in [6, 6.07) is 8.97. The number of carbonyl (C=O) groups is 1. The van der Waals surface area contributed by atoms with E-state index in [9.17, 15) is 13.2 Å². The van der Waals surface area contributed by atoms with Gasteiger partial charge in [-0.2, -0.15) is 4.31 Å². The van der Waals surface area contributed by atoms with Crippen LogP contribution in [0.15, 0.2) is 47.6 Å². The second kappa shape index (κ2) is 8.91. The highest BCUT2D eigenvalue weighted by Crippen LogP contribution is 2.25. The van der Waals surface area contributed by atoms with E-state index in [1.807, 2.05) is 24.3 Å². The molecule has 0 saturated heterocycles. The molecule has 0 atom stereocenters. The molecule has 0 spiro atoms. The van der Waals surface area contributed by atoms with Crippen LogP contribution in [0.2, 0.25) is 0 Å². The summed E-state index contributed by atoms with van der Waals surface area (Å²) in [5.74, 6) is 0.765. The van der Waals surface area contributed by atoms with E-state index in [2.05, 4.69) is 16.1 Å². The van der Waals surface area contributed by atoms with Gasteiger partial charge in [-0.1, -0.05) is 26.0 Å². The molecule has 1 amide bonds. The zero-order valence-electron chi connectivity index (χ0n) is 18.7. The van der Waals surface area contributed by atoms with Crippen LogP contribution in [0.3, 0.4) is 0 Å². The summed E-state index contributed by atoms with van der Waals surface area (Å²) in [6.07, 6.45) is 6.94. The van der Waals surface area contributed by atoms with Gasteiger partial charge in [-0.05, 0) is 31.0 Å². The lowest BCUT2D eigenvalue weighted by Crippen LogP contribution is -2.30. The van der Waals surface area contributed by atoms with Gasteiger partial charge in [0.15, 0.2) is 0 Å². The van der Waals surface area contributed by atoms with Gasteiger partial charge in [0.2, 0.25) is 10.0 Å². The van der Waals surface area contributed by atoms with Crippen molar-refractivity contribution in [1.82, 2.24) is 18.4 Å². The fourth-order valence-electron chi connectivity index (χ4n) is 4.08. The highest BCUT2D eigenvalue weighted by atomic mass is 32.2. The molecule has 4 rings (SSSR count). The summed E-state index contributed by atoms with van der Waals surface area (Å²) in [6.45, 7) is 5.35. The van der Waals surface area contributed by atoms with E-state index >= 15 is 0 Å². The Morgan fingerprint density at radius 3 is 2.50 bits per heavy atom. The topological polar surface area (TPSA) is 89.2 Å². The highest BCUT2D eigenvalue weighted by Gasteiger charge is 2.25. The Bertz CT molecular complexity index is 1200. The number of carbonyl (C=O) groups excluding carboxylic acids is 1. The number of amides is 1. The summed E-state index contributed by atoms with van der Waals surface area (Å²) in [5, 5.41) is 2.85. The number of benzene rings is 1. The highest BCUT2D eigenvalue weighted by molar-refractivity contribution is 7.89. The largest absolute Gasteiger partial charge is 0.345 e. The first-order valence-corrected chi connectivity index (χ1v) is 12.4. The molecular formula is C23H29N5O3S. The van der Waals surface area contributed by atoms with Gasteiger partial charge in [-0.3, -0.25) is 4.79 Å². The number of fused-ring (bicyclic) bond motifs is 1. The number of aryl methyl sites for hydroxylation is 3. The second-order valence-electron chi connectivity index (χ2n) is 7.99. The third-order valence-corrected chi connectivity index (χ3v) is 7.92. The van der Waals surface area contributed by atoms with E-state index in [-0.39, 0.29) is 16.5 Å². The predicted molar refractivity (Wildman–Crippen MR) is 124 cm³/mol. The van der Waals surface area contributed by atoms with Gasteiger partial charge in [0, 0.05) is 56.7 Å². The van der Waals surface area contributed by atoms with Crippen LogP contribution in [0.25, 0.3) is 11.3 Å². The maximum Gasteiger partial charge on any atom is 0.272 e. The maximum atomic E-state index is 12.8. The first kappa shape index (κ1) is 22.3. The maximum absolute atomic E-state index is 12.8. The van der Waals surface area contributed by atoms with Crippen molar-refractivity contribution in [2.45, 2.75) is 44.6 Å². The quantitative estimate of drug-likeness (QED) is 0.590. The van der Waals surface area contributed by atoms with Gasteiger partial charge in [-0.15, -0.1) is 0 Å². The van der Waals surface area contributed by atoms with Gasteiger partial charge in [0.05, 0.1) is 5.69 Å². The number of imidazole rings is 1. The molecule has 1 aromatic carbocycles. The summed E-state index contributed by atoms with van der Waals surface area (Å²) in [4.78, 5) is 17.7. The zero-order chi connectivity index (χ0) is 22.9. The monoisotopic (exact) mass is 455 g/mol. The average molecular weight is 456 g/mol. The number of rotatable bonds is 7. The molecule has 0 unspecified atom stereocenters. The molecule has 3 heterocycles. The molecule has 170 valence electrons. The molecule has 1 aliphatic heterocycles. The number of nitrogens with one attached hydrogen (secondary N) is 1. The minimum atomic E-state index is -3.62. The SMILES string of the molecule is CCN(CC)S(=O)(=O)c1cc(C(=O)Nc2ccc(-c3cn4c(n3)CCCC4)cc2)n(C)c1. The van der Waals surface area contributed by atoms with Gasteiger partial charge >= 0.3 is 0 Å². The van der Waals surface area contributed by atoms with Crippen molar-refractivity contribution in [3.8, 4) is 11.3 Å². The van der Waals surface area contributed by atoms with E-state index in [0.29, 0.717) is 18.8 Å².